The van der Waals surface area contributed by atoms with E-state index < -0.39 is 0 Å². The van der Waals surface area contributed by atoms with Gasteiger partial charge in [0.05, 0.1) is 33.6 Å². The maximum atomic E-state index is 13.4. The zero-order valence-corrected chi connectivity index (χ0v) is 28.2. The molecule has 1 saturated heterocycles. The number of Topliss-reactive ketones (excluding diaryl/α,β-unsaturated/α-hetero) is 2. The summed E-state index contributed by atoms with van der Waals surface area (Å²) in [7, 11) is 0. The van der Waals surface area contributed by atoms with Crippen LogP contribution in [-0.2, 0) is 17.6 Å². The molecule has 3 N–H and O–H groups in total. The average molecular weight is 672 g/mol. The van der Waals surface area contributed by atoms with E-state index in [0.717, 1.165) is 31.4 Å². The van der Waals surface area contributed by atoms with Gasteiger partial charge in [0, 0.05) is 17.1 Å². The number of nitrogens with two attached hydrogens (primary N) is 1. The van der Waals surface area contributed by atoms with Crippen LogP contribution in [0.2, 0.25) is 15.1 Å². The van der Waals surface area contributed by atoms with E-state index in [0.29, 0.717) is 35.1 Å². The van der Waals surface area contributed by atoms with Gasteiger partial charge in [0.25, 0.3) is 0 Å². The molecule has 0 bridgehead atoms. The van der Waals surface area contributed by atoms with Gasteiger partial charge >= 0.3 is 0 Å². The number of carbonyl (C=O) groups is 2. The second kappa shape index (κ2) is 16.9. The zero-order valence-electron chi connectivity index (χ0n) is 25.9. The van der Waals surface area contributed by atoms with Crippen molar-refractivity contribution in [1.82, 2.24) is 5.43 Å². The van der Waals surface area contributed by atoms with Crippen molar-refractivity contribution in [2.24, 2.45) is 4.99 Å². The van der Waals surface area contributed by atoms with Crippen LogP contribution in [0, 0.1) is 0 Å². The van der Waals surface area contributed by atoms with Crippen molar-refractivity contribution in [1.29, 1.82) is 0 Å². The maximum absolute atomic E-state index is 13.4. The predicted octanol–water partition coefficient (Wildman–Crippen LogP) is 9.36. The second-order valence-electron chi connectivity index (χ2n) is 11.3. The normalized spacial score (nSPS) is 13.8. The minimum atomic E-state index is -0.294. The topological polar surface area (TPSA) is 97.0 Å². The highest BCUT2D eigenvalue weighted by atomic mass is 35.5. The molecule has 3 aromatic rings. The van der Waals surface area contributed by atoms with E-state index in [1.807, 2.05) is 0 Å². The number of aliphatic imine (C=N–C) groups is 1. The molecule has 0 saturated carbocycles. The van der Waals surface area contributed by atoms with Crippen molar-refractivity contribution in [3.05, 3.63) is 80.3 Å². The summed E-state index contributed by atoms with van der Waals surface area (Å²) < 4.78 is 6.20. The predicted molar refractivity (Wildman–Crippen MR) is 187 cm³/mol. The van der Waals surface area contributed by atoms with Crippen LogP contribution in [0.4, 0.5) is 17.1 Å². The Morgan fingerprint density at radius 2 is 1.67 bits per heavy atom. The number of nitrogens with zero attached hydrogens (tertiary/aromatic N) is 2. The first-order valence-corrected chi connectivity index (χ1v) is 16.8. The molecule has 10 heteroatoms. The van der Waals surface area contributed by atoms with E-state index in [1.165, 1.54) is 41.8 Å². The molecule has 0 unspecified atom stereocenters. The van der Waals surface area contributed by atoms with Crippen LogP contribution in [0.5, 0.6) is 5.75 Å². The fourth-order valence-corrected chi connectivity index (χ4v) is 6.37. The van der Waals surface area contributed by atoms with Crippen LogP contribution in [0.15, 0.2) is 53.5 Å². The SMILES string of the molecule is CCCCCc1ccc(OCCCC(=O)c2c(N)cccc2N=C2NN(c3c(Cl)cc(Cl)cc3Cl)CC2=O)c(CCCCC)c1. The molecular formula is C35H41Cl3N4O3. The largest absolute Gasteiger partial charge is 0.493 e. The number of unbranched alkanes of at least 4 members (excludes halogenated alkanes) is 4. The molecule has 45 heavy (non-hydrogen) atoms. The molecule has 240 valence electrons. The van der Waals surface area contributed by atoms with Crippen molar-refractivity contribution in [3.63, 3.8) is 0 Å². The summed E-state index contributed by atoms with van der Waals surface area (Å²) >= 11 is 18.7. The Hall–Kier alpha value is -3.26. The molecular weight excluding hydrogens is 631 g/mol. The van der Waals surface area contributed by atoms with Gasteiger partial charge in [-0.2, -0.15) is 0 Å². The van der Waals surface area contributed by atoms with Crippen LogP contribution < -0.4 is 20.9 Å². The Labute approximate surface area is 281 Å². The van der Waals surface area contributed by atoms with Gasteiger partial charge in [-0.1, -0.05) is 92.5 Å². The number of ketones is 2. The molecule has 0 atom stereocenters. The number of nitrogen functional groups attached to an aromatic ring is 1. The van der Waals surface area contributed by atoms with E-state index in [2.05, 4.69) is 42.5 Å². The number of benzene rings is 3. The summed E-state index contributed by atoms with van der Waals surface area (Å²) in [6, 6.07) is 14.6. The Bertz CT molecular complexity index is 1520. The number of hydrogen-bond donors (Lipinski definition) is 2. The number of hydrazine groups is 1. The lowest BCUT2D eigenvalue weighted by Gasteiger charge is -2.20. The third kappa shape index (κ3) is 9.38. The lowest BCUT2D eigenvalue weighted by atomic mass is 10.00. The molecule has 4 rings (SSSR count). The van der Waals surface area contributed by atoms with Gasteiger partial charge in [0.2, 0.25) is 5.78 Å². The van der Waals surface area contributed by atoms with Crippen LogP contribution in [0.1, 0.15) is 86.7 Å². The molecule has 0 amide bonds. The first-order chi connectivity index (χ1) is 21.7. The molecule has 1 aliphatic heterocycles. The summed E-state index contributed by atoms with van der Waals surface area (Å²) in [4.78, 5) is 30.8. The number of halogens is 3. The smallest absolute Gasteiger partial charge is 0.220 e. The summed E-state index contributed by atoms with van der Waals surface area (Å²) in [5.41, 5.74) is 13.1. The first-order valence-electron chi connectivity index (χ1n) is 15.7. The van der Waals surface area contributed by atoms with E-state index in [-0.39, 0.29) is 46.0 Å². The third-order valence-corrected chi connectivity index (χ3v) is 8.49. The van der Waals surface area contributed by atoms with Crippen LogP contribution in [0.25, 0.3) is 0 Å². The number of hydrogen-bond acceptors (Lipinski definition) is 6. The first kappa shape index (κ1) is 34.6. The van der Waals surface area contributed by atoms with Gasteiger partial charge < -0.3 is 10.5 Å². The standard InChI is InChI=1S/C35H41Cl3N4O3/c1-3-5-7-11-23-16-17-32(24(19-23)12-8-6-4-2)45-18-10-15-30(43)33-28(39)13-9-14-29(33)40-35-31(44)22-42(41-35)34-26(37)20-25(36)21-27(34)38/h9,13-14,16-17,19-21H,3-8,10-12,15,18,22,39H2,1-2H3,(H,40,41). The van der Waals surface area contributed by atoms with Crippen molar-refractivity contribution >= 4 is 69.3 Å². The number of carbonyl (C=O) groups excluding carboxylic acids is 2. The van der Waals surface area contributed by atoms with Crippen molar-refractivity contribution in [2.45, 2.75) is 78.1 Å². The Balaban J connectivity index is 1.42. The van der Waals surface area contributed by atoms with Gasteiger partial charge in [-0.3, -0.25) is 20.0 Å². The lowest BCUT2D eigenvalue weighted by Crippen LogP contribution is -2.33. The minimum absolute atomic E-state index is 0.0498. The quantitative estimate of drug-likeness (QED) is 0.0895. The Morgan fingerprint density at radius 3 is 2.38 bits per heavy atom. The van der Waals surface area contributed by atoms with Gasteiger partial charge in [-0.05, 0) is 73.6 Å². The number of anilines is 2. The van der Waals surface area contributed by atoms with Crippen molar-refractivity contribution in [2.75, 3.05) is 23.9 Å². The third-order valence-electron chi connectivity index (χ3n) is 7.69. The van der Waals surface area contributed by atoms with Crippen LogP contribution >= 0.6 is 34.8 Å². The molecule has 1 heterocycles. The Kier molecular flexibility index (Phi) is 13.0. The van der Waals surface area contributed by atoms with Gasteiger partial charge in [-0.25, -0.2) is 4.99 Å². The number of rotatable bonds is 16. The number of aryl methyl sites for hydroxylation is 2. The maximum Gasteiger partial charge on any atom is 0.220 e. The molecule has 3 aromatic carbocycles. The number of ether oxygens (including phenoxy) is 1. The minimum Gasteiger partial charge on any atom is -0.493 e. The van der Waals surface area contributed by atoms with Gasteiger partial charge in [-0.15, -0.1) is 0 Å². The number of amidine groups is 1. The highest BCUT2D eigenvalue weighted by Gasteiger charge is 2.30. The Morgan fingerprint density at radius 1 is 0.956 bits per heavy atom. The lowest BCUT2D eigenvalue weighted by molar-refractivity contribution is -0.111. The van der Waals surface area contributed by atoms with E-state index in [4.69, 9.17) is 45.3 Å². The monoisotopic (exact) mass is 670 g/mol. The average Bonchev–Trinajstić information content (AvgIpc) is 3.34. The molecule has 0 aromatic heterocycles. The highest BCUT2D eigenvalue weighted by molar-refractivity contribution is 6.45. The fourth-order valence-electron chi connectivity index (χ4n) is 5.35. The molecule has 1 fully saturated rings. The van der Waals surface area contributed by atoms with Gasteiger partial charge in [0.15, 0.2) is 11.6 Å². The summed E-state index contributed by atoms with van der Waals surface area (Å²) in [5.74, 6) is 0.475. The van der Waals surface area contributed by atoms with Crippen molar-refractivity contribution < 1.29 is 14.3 Å². The van der Waals surface area contributed by atoms with Crippen LogP contribution in [0.3, 0.4) is 0 Å². The molecule has 0 aliphatic carbocycles. The highest BCUT2D eigenvalue weighted by Crippen LogP contribution is 2.37. The second-order valence-corrected chi connectivity index (χ2v) is 12.5. The summed E-state index contributed by atoms with van der Waals surface area (Å²) in [6.45, 7) is 4.77. The van der Waals surface area contributed by atoms with Crippen molar-refractivity contribution in [3.8, 4) is 5.75 Å². The zero-order chi connectivity index (χ0) is 32.3. The molecule has 0 radical (unpaired) electrons. The van der Waals surface area contributed by atoms with Crippen LogP contribution in [-0.4, -0.2) is 30.6 Å². The number of nitrogens with one attached hydrogen (secondary N) is 1. The van der Waals surface area contributed by atoms with E-state index >= 15 is 0 Å². The summed E-state index contributed by atoms with van der Waals surface area (Å²) in [6.07, 6.45) is 9.88. The molecule has 7 nitrogen and oxygen atoms in total. The molecule has 1 aliphatic rings. The fraction of sp³-hybridized carbons (Fsp3) is 0.400. The summed E-state index contributed by atoms with van der Waals surface area (Å²) in [5, 5.41) is 2.45. The van der Waals surface area contributed by atoms with Gasteiger partial charge in [0.1, 0.15) is 12.3 Å². The van der Waals surface area contributed by atoms with E-state index in [9.17, 15) is 9.59 Å². The van der Waals surface area contributed by atoms with E-state index in [1.54, 1.807) is 30.3 Å². The molecule has 0 spiro atoms.